The van der Waals surface area contributed by atoms with Crippen LogP contribution in [0.5, 0.6) is 0 Å². The van der Waals surface area contributed by atoms with Crippen molar-refractivity contribution < 1.29 is 24.5 Å². The Morgan fingerprint density at radius 1 is 0.365 bits per heavy atom. The number of carbonyl (C=O) groups is 2. The van der Waals surface area contributed by atoms with Crippen molar-refractivity contribution in [3.05, 3.63) is 24.3 Å². The standard InChI is InChI=1S/C68H131NO5/c1-3-5-7-9-11-13-15-17-18-19-20-28-31-34-37-40-44-48-52-56-60-66(71)65(64-70)69-67(72)61-57-53-49-45-41-38-35-32-29-26-24-22-21-23-25-27-30-33-36-39-43-47-51-55-59-63-74-68(73)62-58-54-50-46-42-16-14-12-10-8-6-4-2/h12,14,56,60,65-66,70-71H,3-11,13,15-55,57-59,61-64H2,1-2H3,(H,69,72)/b14-12-,60-56+. The van der Waals surface area contributed by atoms with Crippen molar-refractivity contribution in [1.29, 1.82) is 0 Å². The van der Waals surface area contributed by atoms with E-state index in [1.807, 2.05) is 6.08 Å². The van der Waals surface area contributed by atoms with Crippen LogP contribution < -0.4 is 5.32 Å². The minimum absolute atomic E-state index is 0.00635. The Morgan fingerprint density at radius 3 is 0.986 bits per heavy atom. The fourth-order valence-corrected chi connectivity index (χ4v) is 10.6. The maximum Gasteiger partial charge on any atom is 0.305 e. The van der Waals surface area contributed by atoms with Crippen molar-refractivity contribution in [1.82, 2.24) is 5.32 Å². The van der Waals surface area contributed by atoms with E-state index in [1.54, 1.807) is 6.08 Å². The Balaban J connectivity index is 3.39. The van der Waals surface area contributed by atoms with Crippen LogP contribution in [0.2, 0.25) is 0 Å². The van der Waals surface area contributed by atoms with E-state index >= 15 is 0 Å². The van der Waals surface area contributed by atoms with Gasteiger partial charge < -0.3 is 20.3 Å². The van der Waals surface area contributed by atoms with Crippen LogP contribution in [0.25, 0.3) is 0 Å². The highest BCUT2D eigenvalue weighted by molar-refractivity contribution is 5.76. The Labute approximate surface area is 462 Å². The topological polar surface area (TPSA) is 95.9 Å². The molecule has 0 aliphatic carbocycles. The van der Waals surface area contributed by atoms with Gasteiger partial charge >= 0.3 is 5.97 Å². The van der Waals surface area contributed by atoms with Crippen molar-refractivity contribution in [2.45, 2.75) is 386 Å². The quantitative estimate of drug-likeness (QED) is 0.0320. The Morgan fingerprint density at radius 2 is 0.635 bits per heavy atom. The van der Waals surface area contributed by atoms with Crippen molar-refractivity contribution in [2.24, 2.45) is 0 Å². The highest BCUT2D eigenvalue weighted by Gasteiger charge is 2.18. The van der Waals surface area contributed by atoms with E-state index in [0.717, 1.165) is 44.9 Å². The summed E-state index contributed by atoms with van der Waals surface area (Å²) in [5.74, 6) is -0.0564. The summed E-state index contributed by atoms with van der Waals surface area (Å²) in [6.07, 6.45) is 79.5. The number of aliphatic hydroxyl groups excluding tert-OH is 2. The molecular weight excluding hydrogens is 911 g/mol. The number of rotatable bonds is 63. The molecule has 0 aromatic heterocycles. The fraction of sp³-hybridized carbons (Fsp3) is 0.912. The second-order valence-electron chi connectivity index (χ2n) is 23.2. The summed E-state index contributed by atoms with van der Waals surface area (Å²) in [5, 5.41) is 23.2. The molecule has 0 saturated carbocycles. The largest absolute Gasteiger partial charge is 0.466 e. The van der Waals surface area contributed by atoms with Gasteiger partial charge in [-0.1, -0.05) is 327 Å². The maximum absolute atomic E-state index is 12.5. The lowest BCUT2D eigenvalue weighted by Crippen LogP contribution is -2.45. The van der Waals surface area contributed by atoms with Crippen LogP contribution in [-0.2, 0) is 14.3 Å². The summed E-state index contributed by atoms with van der Waals surface area (Å²) in [6, 6.07) is -0.627. The zero-order valence-electron chi connectivity index (χ0n) is 50.1. The highest BCUT2D eigenvalue weighted by Crippen LogP contribution is 2.18. The predicted molar refractivity (Wildman–Crippen MR) is 324 cm³/mol. The normalized spacial score (nSPS) is 12.6. The number of nitrogens with one attached hydrogen (secondary N) is 1. The average Bonchev–Trinajstić information content (AvgIpc) is 3.40. The lowest BCUT2D eigenvalue weighted by molar-refractivity contribution is -0.143. The minimum atomic E-state index is -0.844. The first-order valence-corrected chi connectivity index (χ1v) is 33.6. The number of allylic oxidation sites excluding steroid dienone is 3. The Hall–Kier alpha value is -1.66. The number of carbonyl (C=O) groups excluding carboxylic acids is 2. The minimum Gasteiger partial charge on any atom is -0.466 e. The van der Waals surface area contributed by atoms with Crippen LogP contribution in [0.4, 0.5) is 0 Å². The third-order valence-electron chi connectivity index (χ3n) is 15.7. The first-order chi connectivity index (χ1) is 36.5. The van der Waals surface area contributed by atoms with Gasteiger partial charge in [0.05, 0.1) is 25.4 Å². The molecular formula is C68H131NO5. The molecule has 3 N–H and O–H groups in total. The van der Waals surface area contributed by atoms with E-state index in [-0.39, 0.29) is 18.5 Å². The average molecular weight is 1040 g/mol. The van der Waals surface area contributed by atoms with Crippen molar-refractivity contribution in [2.75, 3.05) is 13.2 Å². The number of unbranched alkanes of at least 4 members (excludes halogenated alkanes) is 50. The molecule has 0 spiro atoms. The van der Waals surface area contributed by atoms with Crippen LogP contribution in [-0.4, -0.2) is 47.4 Å². The summed E-state index contributed by atoms with van der Waals surface area (Å²) in [6.45, 7) is 4.91. The molecule has 0 saturated heterocycles. The van der Waals surface area contributed by atoms with Crippen molar-refractivity contribution in [3.63, 3.8) is 0 Å². The van der Waals surface area contributed by atoms with Gasteiger partial charge in [0.2, 0.25) is 5.91 Å². The first-order valence-electron chi connectivity index (χ1n) is 33.6. The molecule has 0 radical (unpaired) electrons. The van der Waals surface area contributed by atoms with E-state index in [1.165, 1.54) is 302 Å². The fourth-order valence-electron chi connectivity index (χ4n) is 10.6. The van der Waals surface area contributed by atoms with Gasteiger partial charge in [-0.15, -0.1) is 0 Å². The molecule has 6 nitrogen and oxygen atoms in total. The van der Waals surface area contributed by atoms with E-state index in [2.05, 4.69) is 31.3 Å². The van der Waals surface area contributed by atoms with Gasteiger partial charge in [0.25, 0.3) is 0 Å². The van der Waals surface area contributed by atoms with E-state index in [9.17, 15) is 19.8 Å². The molecule has 0 fully saturated rings. The van der Waals surface area contributed by atoms with Crippen LogP contribution in [0.1, 0.15) is 373 Å². The molecule has 2 atom stereocenters. The molecule has 0 bridgehead atoms. The summed E-state index contributed by atoms with van der Waals surface area (Å²) in [4.78, 5) is 24.5. The lowest BCUT2D eigenvalue weighted by Gasteiger charge is -2.20. The summed E-state index contributed by atoms with van der Waals surface area (Å²) >= 11 is 0. The molecule has 74 heavy (non-hydrogen) atoms. The summed E-state index contributed by atoms with van der Waals surface area (Å²) in [7, 11) is 0. The third-order valence-corrected chi connectivity index (χ3v) is 15.7. The first kappa shape index (κ1) is 72.3. The van der Waals surface area contributed by atoms with Crippen LogP contribution in [0.3, 0.4) is 0 Å². The van der Waals surface area contributed by atoms with Crippen LogP contribution >= 0.6 is 0 Å². The van der Waals surface area contributed by atoms with E-state index in [0.29, 0.717) is 19.4 Å². The summed E-state index contributed by atoms with van der Waals surface area (Å²) in [5.41, 5.74) is 0. The Bertz CT molecular complexity index is 1150. The number of amides is 1. The summed E-state index contributed by atoms with van der Waals surface area (Å²) < 4.78 is 5.47. The number of hydrogen-bond donors (Lipinski definition) is 3. The second kappa shape index (κ2) is 63.9. The molecule has 2 unspecified atom stereocenters. The molecule has 0 aliphatic rings. The number of esters is 1. The molecule has 0 aromatic carbocycles. The van der Waals surface area contributed by atoms with Gasteiger partial charge in [-0.2, -0.15) is 0 Å². The zero-order chi connectivity index (χ0) is 53.6. The molecule has 6 heteroatoms. The van der Waals surface area contributed by atoms with Crippen LogP contribution in [0, 0.1) is 0 Å². The molecule has 1 amide bonds. The monoisotopic (exact) mass is 1040 g/mol. The number of ether oxygens (including phenoxy) is 1. The number of hydrogen-bond acceptors (Lipinski definition) is 5. The number of aliphatic hydroxyl groups is 2. The SMILES string of the molecule is CCCCC/C=C\CCCCCCCC(=O)OCCCCCCCCCCCCCCCCCCCCCCCCCCCC(=O)NC(CO)C(O)/C=C/CCCCCCCCCCCCCCCCCCCC. The third kappa shape index (κ3) is 59.6. The zero-order valence-corrected chi connectivity index (χ0v) is 50.1. The molecule has 0 aromatic rings. The molecule has 0 heterocycles. The molecule has 0 rings (SSSR count). The van der Waals surface area contributed by atoms with E-state index < -0.39 is 12.1 Å². The van der Waals surface area contributed by atoms with Gasteiger partial charge in [0.15, 0.2) is 0 Å². The van der Waals surface area contributed by atoms with E-state index in [4.69, 9.17) is 4.74 Å². The van der Waals surface area contributed by atoms with Gasteiger partial charge in [-0.25, -0.2) is 0 Å². The van der Waals surface area contributed by atoms with Gasteiger partial charge in [-0.05, 0) is 57.8 Å². The smallest absolute Gasteiger partial charge is 0.305 e. The highest BCUT2D eigenvalue weighted by atomic mass is 16.5. The lowest BCUT2D eigenvalue weighted by atomic mass is 10.0. The maximum atomic E-state index is 12.5. The predicted octanol–water partition coefficient (Wildman–Crippen LogP) is 21.4. The van der Waals surface area contributed by atoms with Crippen LogP contribution in [0.15, 0.2) is 24.3 Å². The second-order valence-corrected chi connectivity index (χ2v) is 23.2. The molecule has 438 valence electrons. The van der Waals surface area contributed by atoms with Gasteiger partial charge in [0.1, 0.15) is 0 Å². The van der Waals surface area contributed by atoms with Crippen molar-refractivity contribution >= 4 is 11.9 Å². The van der Waals surface area contributed by atoms with Gasteiger partial charge in [-0.3, -0.25) is 9.59 Å². The van der Waals surface area contributed by atoms with Crippen molar-refractivity contribution in [3.8, 4) is 0 Å². The molecule has 0 aliphatic heterocycles. The van der Waals surface area contributed by atoms with Gasteiger partial charge in [0, 0.05) is 12.8 Å². The Kier molecular flexibility index (Phi) is 62.4.